The zero-order valence-corrected chi connectivity index (χ0v) is 14.4. The highest BCUT2D eigenvalue weighted by Gasteiger charge is 2.15. The Bertz CT molecular complexity index is 466. The molecule has 5 nitrogen and oxygen atoms in total. The summed E-state index contributed by atoms with van der Waals surface area (Å²) in [6, 6.07) is 3.42. The van der Waals surface area contributed by atoms with Crippen LogP contribution in [0.15, 0.2) is 16.6 Å². The normalized spacial score (nSPS) is 10.3. The zero-order valence-electron chi connectivity index (χ0n) is 12.8. The van der Waals surface area contributed by atoms with E-state index >= 15 is 0 Å². The van der Waals surface area contributed by atoms with Gasteiger partial charge >= 0.3 is 0 Å². The zero-order chi connectivity index (χ0) is 15.7. The van der Waals surface area contributed by atoms with Gasteiger partial charge < -0.3 is 20.1 Å². The topological polar surface area (TPSA) is 59.6 Å². The Hall–Kier alpha value is -1.27. The van der Waals surface area contributed by atoms with Crippen molar-refractivity contribution in [1.82, 2.24) is 10.6 Å². The van der Waals surface area contributed by atoms with Gasteiger partial charge in [-0.25, -0.2) is 0 Å². The van der Waals surface area contributed by atoms with E-state index in [1.807, 2.05) is 6.92 Å². The standard InChI is InChI=1S/C15H23BrN2O3/c1-4-6-17-7-8-18-15(19)11-9-12(16)14(21-5-2)13(10-11)20-3/h9-10,17H,4-8H2,1-3H3,(H,18,19). The van der Waals surface area contributed by atoms with Crippen LogP contribution in [0.2, 0.25) is 0 Å². The van der Waals surface area contributed by atoms with Gasteiger partial charge in [-0.2, -0.15) is 0 Å². The lowest BCUT2D eigenvalue weighted by molar-refractivity contribution is 0.0953. The summed E-state index contributed by atoms with van der Waals surface area (Å²) in [5, 5.41) is 6.10. The van der Waals surface area contributed by atoms with Crippen LogP contribution < -0.4 is 20.1 Å². The molecule has 0 aliphatic rings. The number of benzene rings is 1. The van der Waals surface area contributed by atoms with Crippen molar-refractivity contribution >= 4 is 21.8 Å². The minimum atomic E-state index is -0.129. The Morgan fingerprint density at radius 3 is 2.62 bits per heavy atom. The quantitative estimate of drug-likeness (QED) is 0.666. The fourth-order valence-electron chi connectivity index (χ4n) is 1.80. The minimum Gasteiger partial charge on any atom is -0.493 e. The molecule has 0 heterocycles. The number of carbonyl (C=O) groups excluding carboxylic acids is 1. The second kappa shape index (κ2) is 9.63. The number of nitrogens with one attached hydrogen (secondary N) is 2. The molecule has 0 aliphatic heterocycles. The summed E-state index contributed by atoms with van der Waals surface area (Å²) in [7, 11) is 1.56. The molecule has 0 aromatic heterocycles. The molecule has 1 aromatic rings. The third kappa shape index (κ3) is 5.55. The average Bonchev–Trinajstić information content (AvgIpc) is 2.48. The first-order valence-electron chi connectivity index (χ1n) is 7.13. The molecular weight excluding hydrogens is 336 g/mol. The van der Waals surface area contributed by atoms with Crippen LogP contribution in [0.1, 0.15) is 30.6 Å². The third-order valence-electron chi connectivity index (χ3n) is 2.79. The summed E-state index contributed by atoms with van der Waals surface area (Å²) < 4.78 is 11.5. The Labute approximate surface area is 134 Å². The molecule has 0 saturated heterocycles. The van der Waals surface area contributed by atoms with E-state index < -0.39 is 0 Å². The van der Waals surface area contributed by atoms with Crippen molar-refractivity contribution in [3.8, 4) is 11.5 Å². The molecule has 0 saturated carbocycles. The number of hydrogen-bond donors (Lipinski definition) is 2. The first-order chi connectivity index (χ1) is 10.1. The van der Waals surface area contributed by atoms with Gasteiger partial charge in [0, 0.05) is 18.7 Å². The maximum Gasteiger partial charge on any atom is 0.251 e. The van der Waals surface area contributed by atoms with Gasteiger partial charge in [0.1, 0.15) is 0 Å². The fourth-order valence-corrected chi connectivity index (χ4v) is 2.36. The number of amides is 1. The van der Waals surface area contributed by atoms with Crippen molar-refractivity contribution in [3.63, 3.8) is 0 Å². The number of carbonyl (C=O) groups is 1. The van der Waals surface area contributed by atoms with Crippen LogP contribution in [0.5, 0.6) is 11.5 Å². The maximum atomic E-state index is 12.1. The summed E-state index contributed by atoms with van der Waals surface area (Å²) in [6.45, 7) is 6.84. The van der Waals surface area contributed by atoms with Crippen molar-refractivity contribution in [1.29, 1.82) is 0 Å². The Balaban J connectivity index is 2.70. The highest BCUT2D eigenvalue weighted by atomic mass is 79.9. The van der Waals surface area contributed by atoms with Gasteiger partial charge in [0.2, 0.25) is 0 Å². The lowest BCUT2D eigenvalue weighted by Crippen LogP contribution is -2.32. The number of methoxy groups -OCH3 is 1. The molecule has 0 atom stereocenters. The van der Waals surface area contributed by atoms with Gasteiger partial charge in [-0.05, 0) is 48.0 Å². The molecule has 1 amide bonds. The predicted octanol–water partition coefficient (Wildman–Crippen LogP) is 2.59. The molecular formula is C15H23BrN2O3. The van der Waals surface area contributed by atoms with E-state index in [0.29, 0.717) is 34.7 Å². The summed E-state index contributed by atoms with van der Waals surface area (Å²) >= 11 is 3.41. The Kier molecular flexibility index (Phi) is 8.15. The molecule has 118 valence electrons. The van der Waals surface area contributed by atoms with E-state index in [1.54, 1.807) is 19.2 Å². The second-order valence-electron chi connectivity index (χ2n) is 4.43. The van der Waals surface area contributed by atoms with E-state index in [0.717, 1.165) is 19.5 Å². The summed E-state index contributed by atoms with van der Waals surface area (Å²) in [5.74, 6) is 1.02. The highest BCUT2D eigenvalue weighted by molar-refractivity contribution is 9.10. The molecule has 0 radical (unpaired) electrons. The lowest BCUT2D eigenvalue weighted by atomic mass is 10.2. The fraction of sp³-hybridized carbons (Fsp3) is 0.533. The van der Waals surface area contributed by atoms with Crippen LogP contribution in [0, 0.1) is 0 Å². The number of ether oxygens (including phenoxy) is 2. The summed E-state index contributed by atoms with van der Waals surface area (Å²) in [4.78, 5) is 12.1. The monoisotopic (exact) mass is 358 g/mol. The third-order valence-corrected chi connectivity index (χ3v) is 3.38. The van der Waals surface area contributed by atoms with E-state index in [4.69, 9.17) is 9.47 Å². The van der Waals surface area contributed by atoms with Crippen LogP contribution in [0.25, 0.3) is 0 Å². The molecule has 6 heteroatoms. The summed E-state index contributed by atoms with van der Waals surface area (Å²) in [5.41, 5.74) is 0.540. The van der Waals surface area contributed by atoms with Gasteiger partial charge in [0.05, 0.1) is 18.2 Å². The first-order valence-corrected chi connectivity index (χ1v) is 7.92. The molecule has 1 aromatic carbocycles. The maximum absolute atomic E-state index is 12.1. The largest absolute Gasteiger partial charge is 0.493 e. The molecule has 0 aliphatic carbocycles. The van der Waals surface area contributed by atoms with E-state index in [-0.39, 0.29) is 5.91 Å². The minimum absolute atomic E-state index is 0.129. The molecule has 0 spiro atoms. The SMILES string of the molecule is CCCNCCNC(=O)c1cc(Br)c(OCC)c(OC)c1. The molecule has 0 fully saturated rings. The van der Waals surface area contributed by atoms with E-state index in [2.05, 4.69) is 33.5 Å². The highest BCUT2D eigenvalue weighted by Crippen LogP contribution is 2.36. The number of rotatable bonds is 9. The smallest absolute Gasteiger partial charge is 0.251 e. The van der Waals surface area contributed by atoms with Crippen LogP contribution in [-0.2, 0) is 0 Å². The van der Waals surface area contributed by atoms with Crippen molar-refractivity contribution in [2.45, 2.75) is 20.3 Å². The lowest BCUT2D eigenvalue weighted by Gasteiger charge is -2.13. The van der Waals surface area contributed by atoms with E-state index in [1.165, 1.54) is 0 Å². The van der Waals surface area contributed by atoms with Gasteiger partial charge in [-0.3, -0.25) is 4.79 Å². The van der Waals surface area contributed by atoms with Gasteiger partial charge in [-0.1, -0.05) is 6.92 Å². The van der Waals surface area contributed by atoms with Crippen LogP contribution in [0.3, 0.4) is 0 Å². The predicted molar refractivity (Wildman–Crippen MR) is 87.4 cm³/mol. The van der Waals surface area contributed by atoms with Gasteiger partial charge in [0.15, 0.2) is 11.5 Å². The van der Waals surface area contributed by atoms with Crippen molar-refractivity contribution in [3.05, 3.63) is 22.2 Å². The van der Waals surface area contributed by atoms with Crippen LogP contribution >= 0.6 is 15.9 Å². The van der Waals surface area contributed by atoms with Crippen molar-refractivity contribution < 1.29 is 14.3 Å². The van der Waals surface area contributed by atoms with Gasteiger partial charge in [0.25, 0.3) is 5.91 Å². The molecule has 1 rings (SSSR count). The number of halogens is 1. The summed E-state index contributed by atoms with van der Waals surface area (Å²) in [6.07, 6.45) is 1.08. The molecule has 0 unspecified atom stereocenters. The molecule has 2 N–H and O–H groups in total. The van der Waals surface area contributed by atoms with Gasteiger partial charge in [-0.15, -0.1) is 0 Å². The molecule has 0 bridgehead atoms. The van der Waals surface area contributed by atoms with Crippen molar-refractivity contribution in [2.75, 3.05) is 33.4 Å². The molecule has 21 heavy (non-hydrogen) atoms. The second-order valence-corrected chi connectivity index (χ2v) is 5.28. The van der Waals surface area contributed by atoms with Crippen molar-refractivity contribution in [2.24, 2.45) is 0 Å². The van der Waals surface area contributed by atoms with Crippen LogP contribution in [-0.4, -0.2) is 39.3 Å². The Morgan fingerprint density at radius 1 is 1.24 bits per heavy atom. The van der Waals surface area contributed by atoms with Crippen LogP contribution in [0.4, 0.5) is 0 Å². The number of hydrogen-bond acceptors (Lipinski definition) is 4. The Morgan fingerprint density at radius 2 is 2.00 bits per heavy atom. The average molecular weight is 359 g/mol. The first kappa shape index (κ1) is 17.8. The van der Waals surface area contributed by atoms with E-state index in [9.17, 15) is 4.79 Å².